The molecule has 0 bridgehead atoms. The molecule has 0 radical (unpaired) electrons. The third kappa shape index (κ3) is 5.34. The summed E-state index contributed by atoms with van der Waals surface area (Å²) in [5.74, 6) is 0.752. The minimum absolute atomic E-state index is 0.00179. The Bertz CT molecular complexity index is 963. The number of hydrogen-bond donors (Lipinski definition) is 0. The van der Waals surface area contributed by atoms with Crippen molar-refractivity contribution in [3.05, 3.63) is 58.1 Å². The number of carbonyl (C=O) groups is 2. The van der Waals surface area contributed by atoms with Crippen molar-refractivity contribution in [1.29, 1.82) is 0 Å². The number of Topliss-reactive ketones (excluding diaryl/α,β-unsaturated/α-hetero) is 1. The van der Waals surface area contributed by atoms with Crippen LogP contribution in [0.1, 0.15) is 64.6 Å². The molecular weight excluding hydrogens is 399 g/mol. The summed E-state index contributed by atoms with van der Waals surface area (Å²) in [5.41, 5.74) is 3.21. The van der Waals surface area contributed by atoms with Gasteiger partial charge in [-0.3, -0.25) is 4.79 Å². The molecular formula is C24H30O5P+. The number of ketones is 1. The summed E-state index contributed by atoms with van der Waals surface area (Å²) in [4.78, 5) is 25.5. The number of carbonyl (C=O) groups excluding carboxylic acids is 2. The van der Waals surface area contributed by atoms with E-state index in [1.165, 1.54) is 14.2 Å². The molecule has 2 rings (SSSR count). The summed E-state index contributed by atoms with van der Waals surface area (Å²) in [6, 6.07) is 8.88. The standard InChI is InChI=1S/C24H30O5P/c1-15-12-17(24(3,4)5)13-16(2)22(15)23(26)30(27)11-10-20(25)19-9-8-18(28-6)14-21(19)29-7/h8-9,12-14H,10-11H2,1-7H3/q+1. The van der Waals surface area contributed by atoms with E-state index in [0.717, 1.165) is 16.7 Å². The molecule has 5 nitrogen and oxygen atoms in total. The number of rotatable bonds is 8. The van der Waals surface area contributed by atoms with Crippen molar-refractivity contribution in [2.24, 2.45) is 0 Å². The van der Waals surface area contributed by atoms with E-state index in [1.54, 1.807) is 18.2 Å². The number of benzene rings is 2. The molecule has 0 amide bonds. The molecule has 0 aromatic heterocycles. The number of aryl methyl sites for hydroxylation is 2. The number of methoxy groups -OCH3 is 2. The van der Waals surface area contributed by atoms with Crippen LogP contribution in [0.2, 0.25) is 0 Å². The fourth-order valence-corrected chi connectivity index (χ4v) is 4.54. The predicted octanol–water partition coefficient (Wildman–Crippen LogP) is 5.86. The Morgan fingerprint density at radius 1 is 0.967 bits per heavy atom. The second kappa shape index (κ2) is 9.53. The van der Waals surface area contributed by atoms with Crippen LogP contribution in [0.3, 0.4) is 0 Å². The van der Waals surface area contributed by atoms with E-state index in [-0.39, 0.29) is 23.8 Å². The molecule has 2 aromatic carbocycles. The predicted molar refractivity (Wildman–Crippen MR) is 120 cm³/mol. The van der Waals surface area contributed by atoms with Crippen LogP contribution in [0.25, 0.3) is 0 Å². The summed E-state index contributed by atoms with van der Waals surface area (Å²) < 4.78 is 23.1. The van der Waals surface area contributed by atoms with E-state index in [0.29, 0.717) is 22.6 Å². The highest BCUT2D eigenvalue weighted by atomic mass is 31.1. The SMILES string of the molecule is COc1ccc(C(=O)CC[P+](=O)C(=O)c2c(C)cc(C(C)(C)C)cc2C)c(OC)c1. The van der Waals surface area contributed by atoms with Crippen LogP contribution >= 0.6 is 7.80 Å². The lowest BCUT2D eigenvalue weighted by Crippen LogP contribution is -2.13. The minimum Gasteiger partial charge on any atom is -0.497 e. The minimum atomic E-state index is -2.21. The van der Waals surface area contributed by atoms with Gasteiger partial charge in [-0.25, -0.2) is 4.79 Å². The first-order valence-electron chi connectivity index (χ1n) is 9.85. The molecule has 0 saturated heterocycles. The highest BCUT2D eigenvalue weighted by Gasteiger charge is 2.33. The Balaban J connectivity index is 2.16. The topological polar surface area (TPSA) is 69.7 Å². The van der Waals surface area contributed by atoms with E-state index in [4.69, 9.17) is 9.47 Å². The Hall–Kier alpha value is -2.52. The monoisotopic (exact) mass is 429 g/mol. The van der Waals surface area contributed by atoms with Gasteiger partial charge in [-0.15, -0.1) is 0 Å². The van der Waals surface area contributed by atoms with Gasteiger partial charge < -0.3 is 9.47 Å². The molecule has 0 heterocycles. The molecule has 1 atom stereocenters. The first kappa shape index (κ1) is 23.8. The van der Waals surface area contributed by atoms with Crippen molar-refractivity contribution < 1.29 is 23.6 Å². The molecule has 0 N–H and O–H groups in total. The second-order valence-electron chi connectivity index (χ2n) is 8.38. The first-order chi connectivity index (χ1) is 14.0. The molecule has 0 spiro atoms. The third-order valence-corrected chi connectivity index (χ3v) is 6.40. The molecule has 160 valence electrons. The van der Waals surface area contributed by atoms with Gasteiger partial charge in [-0.05, 0) is 48.1 Å². The van der Waals surface area contributed by atoms with E-state index in [2.05, 4.69) is 20.8 Å². The molecule has 0 saturated carbocycles. The maximum atomic E-state index is 12.9. The average molecular weight is 429 g/mol. The van der Waals surface area contributed by atoms with Crippen LogP contribution in [-0.2, 0) is 9.98 Å². The van der Waals surface area contributed by atoms with Gasteiger partial charge in [0.25, 0.3) is 0 Å². The summed E-state index contributed by atoms with van der Waals surface area (Å²) in [7, 11) is 0.797. The van der Waals surface area contributed by atoms with Crippen LogP contribution in [0.4, 0.5) is 0 Å². The molecule has 30 heavy (non-hydrogen) atoms. The van der Waals surface area contributed by atoms with Gasteiger partial charge >= 0.3 is 13.3 Å². The van der Waals surface area contributed by atoms with Crippen molar-refractivity contribution >= 4 is 19.1 Å². The van der Waals surface area contributed by atoms with Crippen molar-refractivity contribution in [3.8, 4) is 11.5 Å². The lowest BCUT2D eigenvalue weighted by atomic mass is 9.84. The molecule has 0 fully saturated rings. The molecule has 2 aromatic rings. The fourth-order valence-electron chi connectivity index (χ4n) is 3.33. The number of ether oxygens (including phenoxy) is 2. The highest BCUT2D eigenvalue weighted by molar-refractivity contribution is 7.64. The maximum Gasteiger partial charge on any atom is 0.420 e. The second-order valence-corrected chi connectivity index (χ2v) is 9.99. The van der Waals surface area contributed by atoms with Crippen LogP contribution in [-0.4, -0.2) is 31.7 Å². The van der Waals surface area contributed by atoms with E-state index in [1.807, 2.05) is 26.0 Å². The Labute approximate surface area is 179 Å². The van der Waals surface area contributed by atoms with Crippen LogP contribution in [0.5, 0.6) is 11.5 Å². The Morgan fingerprint density at radius 3 is 2.07 bits per heavy atom. The third-order valence-electron chi connectivity index (χ3n) is 5.09. The Morgan fingerprint density at radius 2 is 1.57 bits per heavy atom. The van der Waals surface area contributed by atoms with Crippen molar-refractivity contribution in [2.75, 3.05) is 20.4 Å². The fraction of sp³-hybridized carbons (Fsp3) is 0.417. The lowest BCUT2D eigenvalue weighted by Gasteiger charge is -2.21. The van der Waals surface area contributed by atoms with Gasteiger partial charge in [0.15, 0.2) is 11.9 Å². The van der Waals surface area contributed by atoms with Gasteiger partial charge in [0.1, 0.15) is 11.5 Å². The molecule has 0 aliphatic rings. The van der Waals surface area contributed by atoms with Crippen molar-refractivity contribution in [2.45, 2.75) is 46.5 Å². The highest BCUT2D eigenvalue weighted by Crippen LogP contribution is 2.34. The zero-order valence-electron chi connectivity index (χ0n) is 18.8. The summed E-state index contributed by atoms with van der Waals surface area (Å²) in [6.07, 6.45) is 0.00386. The smallest absolute Gasteiger partial charge is 0.420 e. The molecule has 0 aliphatic carbocycles. The van der Waals surface area contributed by atoms with Crippen LogP contribution in [0, 0.1) is 13.8 Å². The quantitative estimate of drug-likeness (QED) is 0.388. The van der Waals surface area contributed by atoms with E-state index >= 15 is 0 Å². The lowest BCUT2D eigenvalue weighted by molar-refractivity contribution is 0.0986. The van der Waals surface area contributed by atoms with Crippen molar-refractivity contribution in [3.63, 3.8) is 0 Å². The Kier molecular flexibility index (Phi) is 7.54. The normalized spacial score (nSPS) is 11.8. The van der Waals surface area contributed by atoms with Gasteiger partial charge in [-0.1, -0.05) is 37.5 Å². The van der Waals surface area contributed by atoms with Gasteiger partial charge in [0.2, 0.25) is 0 Å². The van der Waals surface area contributed by atoms with Crippen molar-refractivity contribution in [1.82, 2.24) is 0 Å². The zero-order chi connectivity index (χ0) is 22.6. The molecule has 0 aliphatic heterocycles. The largest absolute Gasteiger partial charge is 0.497 e. The van der Waals surface area contributed by atoms with Gasteiger partial charge in [0, 0.05) is 6.07 Å². The van der Waals surface area contributed by atoms with Crippen LogP contribution in [0.15, 0.2) is 30.3 Å². The first-order valence-corrected chi connectivity index (χ1v) is 11.3. The van der Waals surface area contributed by atoms with E-state index < -0.39 is 13.3 Å². The van der Waals surface area contributed by atoms with Gasteiger partial charge in [-0.2, -0.15) is 0 Å². The maximum absolute atomic E-state index is 12.9. The molecule has 6 heteroatoms. The summed E-state index contributed by atoms with van der Waals surface area (Å²) >= 11 is 0. The van der Waals surface area contributed by atoms with Crippen LogP contribution < -0.4 is 9.47 Å². The number of hydrogen-bond acceptors (Lipinski definition) is 5. The van der Waals surface area contributed by atoms with E-state index in [9.17, 15) is 14.2 Å². The summed E-state index contributed by atoms with van der Waals surface area (Å²) in [5, 5.41) is 0. The molecule has 1 unspecified atom stereocenters. The zero-order valence-corrected chi connectivity index (χ0v) is 19.7. The average Bonchev–Trinajstić information content (AvgIpc) is 2.69. The van der Waals surface area contributed by atoms with Gasteiger partial charge in [0.05, 0.1) is 31.8 Å². The summed E-state index contributed by atoms with van der Waals surface area (Å²) in [6.45, 7) is 10.1.